The van der Waals surface area contributed by atoms with Gasteiger partial charge in [-0.2, -0.15) is 0 Å². The smallest absolute Gasteiger partial charge is 0.339 e. The van der Waals surface area contributed by atoms with Gasteiger partial charge in [-0.05, 0) is 25.2 Å². The lowest BCUT2D eigenvalue weighted by Gasteiger charge is -2.04. The van der Waals surface area contributed by atoms with E-state index in [9.17, 15) is 4.79 Å². The van der Waals surface area contributed by atoms with Crippen LogP contribution in [-0.4, -0.2) is 31.8 Å². The fraction of sp³-hybridized carbons (Fsp3) is 0.308. The van der Waals surface area contributed by atoms with Gasteiger partial charge < -0.3 is 15.2 Å². The van der Waals surface area contributed by atoms with E-state index in [4.69, 9.17) is 9.84 Å². The third-order valence-electron chi connectivity index (χ3n) is 2.16. The molecule has 17 heavy (non-hydrogen) atoms. The number of aromatic carboxylic acids is 1. The molecule has 0 radical (unpaired) electrons. The standard InChI is InChI=1S/C13H15NO3/c1-14-8-4-3-5-10-6-7-12(17-2)11(9-10)13(15)16/h6-7,9,14H,4,8H2,1-2H3,(H,15,16). The van der Waals surface area contributed by atoms with Crippen LogP contribution in [0, 0.1) is 11.8 Å². The summed E-state index contributed by atoms with van der Waals surface area (Å²) < 4.78 is 4.97. The summed E-state index contributed by atoms with van der Waals surface area (Å²) in [6.07, 6.45) is 0.727. The predicted molar refractivity (Wildman–Crippen MR) is 65.4 cm³/mol. The second kappa shape index (κ2) is 6.56. The van der Waals surface area contributed by atoms with E-state index in [2.05, 4.69) is 17.2 Å². The van der Waals surface area contributed by atoms with Crippen LogP contribution >= 0.6 is 0 Å². The molecule has 0 saturated heterocycles. The Labute approximate surface area is 101 Å². The molecule has 4 nitrogen and oxygen atoms in total. The Balaban J connectivity index is 2.91. The first kappa shape index (κ1) is 13.1. The van der Waals surface area contributed by atoms with Crippen LogP contribution in [0.3, 0.4) is 0 Å². The van der Waals surface area contributed by atoms with Crippen LogP contribution in [0.2, 0.25) is 0 Å². The van der Waals surface area contributed by atoms with Crippen LogP contribution in [0.5, 0.6) is 5.75 Å². The van der Waals surface area contributed by atoms with Crippen LogP contribution < -0.4 is 10.1 Å². The zero-order chi connectivity index (χ0) is 12.7. The van der Waals surface area contributed by atoms with Crippen molar-refractivity contribution >= 4 is 5.97 Å². The van der Waals surface area contributed by atoms with Gasteiger partial charge in [-0.3, -0.25) is 0 Å². The number of hydrogen-bond acceptors (Lipinski definition) is 3. The van der Waals surface area contributed by atoms with Gasteiger partial charge >= 0.3 is 5.97 Å². The van der Waals surface area contributed by atoms with Gasteiger partial charge in [-0.15, -0.1) is 0 Å². The number of nitrogens with one attached hydrogen (secondary N) is 1. The van der Waals surface area contributed by atoms with E-state index in [1.165, 1.54) is 13.2 Å². The fourth-order valence-corrected chi connectivity index (χ4v) is 1.30. The van der Waals surface area contributed by atoms with Gasteiger partial charge in [0.1, 0.15) is 11.3 Å². The normalized spacial score (nSPS) is 9.29. The second-order valence-corrected chi connectivity index (χ2v) is 3.38. The molecule has 1 aromatic rings. The summed E-state index contributed by atoms with van der Waals surface area (Å²) >= 11 is 0. The molecule has 0 heterocycles. The van der Waals surface area contributed by atoms with Crippen molar-refractivity contribution in [2.45, 2.75) is 6.42 Å². The molecule has 4 heteroatoms. The molecule has 0 atom stereocenters. The van der Waals surface area contributed by atoms with Gasteiger partial charge in [0.15, 0.2) is 0 Å². The van der Waals surface area contributed by atoms with E-state index in [1.54, 1.807) is 12.1 Å². The topological polar surface area (TPSA) is 58.6 Å². The Hall–Kier alpha value is -1.99. The molecule has 0 unspecified atom stereocenters. The first-order valence-corrected chi connectivity index (χ1v) is 5.24. The molecule has 0 aliphatic rings. The average Bonchev–Trinajstić information content (AvgIpc) is 2.34. The van der Waals surface area contributed by atoms with E-state index in [1.807, 2.05) is 7.05 Å². The summed E-state index contributed by atoms with van der Waals surface area (Å²) in [5, 5.41) is 12.0. The van der Waals surface area contributed by atoms with Crippen molar-refractivity contribution in [3.63, 3.8) is 0 Å². The molecular formula is C13H15NO3. The largest absolute Gasteiger partial charge is 0.496 e. The maximum absolute atomic E-state index is 11.0. The third kappa shape index (κ3) is 3.82. The molecular weight excluding hydrogens is 218 g/mol. The number of rotatable bonds is 4. The van der Waals surface area contributed by atoms with Crippen molar-refractivity contribution in [1.82, 2.24) is 5.32 Å². The van der Waals surface area contributed by atoms with Crippen molar-refractivity contribution in [2.24, 2.45) is 0 Å². The molecule has 0 spiro atoms. The SMILES string of the molecule is CNCCC#Cc1ccc(OC)c(C(=O)O)c1. The molecule has 0 aromatic heterocycles. The first-order chi connectivity index (χ1) is 8.19. The average molecular weight is 233 g/mol. The van der Waals surface area contributed by atoms with E-state index in [0.29, 0.717) is 11.3 Å². The summed E-state index contributed by atoms with van der Waals surface area (Å²) in [7, 11) is 3.30. The Kier molecular flexibility index (Phi) is 5.05. The Morgan fingerprint density at radius 1 is 1.53 bits per heavy atom. The van der Waals surface area contributed by atoms with E-state index < -0.39 is 5.97 Å². The van der Waals surface area contributed by atoms with Crippen LogP contribution in [0.4, 0.5) is 0 Å². The summed E-state index contributed by atoms with van der Waals surface area (Å²) in [6, 6.07) is 4.89. The first-order valence-electron chi connectivity index (χ1n) is 5.24. The summed E-state index contributed by atoms with van der Waals surface area (Å²) in [4.78, 5) is 11.0. The minimum absolute atomic E-state index is 0.132. The van der Waals surface area contributed by atoms with Crippen LogP contribution in [0.25, 0.3) is 0 Å². The third-order valence-corrected chi connectivity index (χ3v) is 2.16. The highest BCUT2D eigenvalue weighted by atomic mass is 16.5. The Morgan fingerprint density at radius 2 is 2.29 bits per heavy atom. The zero-order valence-corrected chi connectivity index (χ0v) is 9.91. The highest BCUT2D eigenvalue weighted by Crippen LogP contribution is 2.19. The van der Waals surface area contributed by atoms with E-state index in [0.717, 1.165) is 13.0 Å². The molecule has 90 valence electrons. The lowest BCUT2D eigenvalue weighted by molar-refractivity contribution is 0.0693. The molecule has 2 N–H and O–H groups in total. The Morgan fingerprint density at radius 3 is 2.88 bits per heavy atom. The lowest BCUT2D eigenvalue weighted by Crippen LogP contribution is -2.05. The van der Waals surface area contributed by atoms with Crippen molar-refractivity contribution in [3.05, 3.63) is 29.3 Å². The maximum atomic E-state index is 11.0. The number of carboxylic acid groups (broad SMARTS) is 1. The second-order valence-electron chi connectivity index (χ2n) is 3.38. The molecule has 0 saturated carbocycles. The van der Waals surface area contributed by atoms with Crippen molar-refractivity contribution < 1.29 is 14.6 Å². The maximum Gasteiger partial charge on any atom is 0.339 e. The lowest BCUT2D eigenvalue weighted by atomic mass is 10.1. The molecule has 0 bridgehead atoms. The zero-order valence-electron chi connectivity index (χ0n) is 9.91. The quantitative estimate of drug-likeness (QED) is 0.609. The van der Waals surface area contributed by atoms with Crippen molar-refractivity contribution in [1.29, 1.82) is 0 Å². The monoisotopic (exact) mass is 233 g/mol. The van der Waals surface area contributed by atoms with Crippen molar-refractivity contribution in [2.75, 3.05) is 20.7 Å². The van der Waals surface area contributed by atoms with Crippen LogP contribution in [-0.2, 0) is 0 Å². The number of carbonyl (C=O) groups is 1. The van der Waals surface area contributed by atoms with Gasteiger partial charge in [0.2, 0.25) is 0 Å². The molecule has 0 fully saturated rings. The number of methoxy groups -OCH3 is 1. The number of carboxylic acids is 1. The van der Waals surface area contributed by atoms with Gasteiger partial charge in [0.25, 0.3) is 0 Å². The van der Waals surface area contributed by atoms with Gasteiger partial charge in [-0.1, -0.05) is 11.8 Å². The minimum atomic E-state index is -1.01. The predicted octanol–water partition coefficient (Wildman–Crippen LogP) is 1.35. The van der Waals surface area contributed by atoms with Crippen molar-refractivity contribution in [3.8, 4) is 17.6 Å². The fourth-order valence-electron chi connectivity index (χ4n) is 1.30. The molecule has 1 aromatic carbocycles. The summed E-state index contributed by atoms with van der Waals surface area (Å²) in [6.45, 7) is 0.814. The number of hydrogen-bond donors (Lipinski definition) is 2. The molecule has 0 aliphatic carbocycles. The number of benzene rings is 1. The Bertz CT molecular complexity index is 457. The van der Waals surface area contributed by atoms with Gasteiger partial charge in [0.05, 0.1) is 7.11 Å². The van der Waals surface area contributed by atoms with Crippen LogP contribution in [0.15, 0.2) is 18.2 Å². The van der Waals surface area contributed by atoms with E-state index >= 15 is 0 Å². The van der Waals surface area contributed by atoms with E-state index in [-0.39, 0.29) is 5.56 Å². The molecule has 0 amide bonds. The molecule has 1 rings (SSSR count). The number of ether oxygens (including phenoxy) is 1. The van der Waals surface area contributed by atoms with Gasteiger partial charge in [-0.25, -0.2) is 4.79 Å². The summed E-state index contributed by atoms with van der Waals surface area (Å²) in [5.74, 6) is 5.21. The molecule has 0 aliphatic heterocycles. The highest BCUT2D eigenvalue weighted by molar-refractivity contribution is 5.91. The van der Waals surface area contributed by atoms with Gasteiger partial charge in [0, 0.05) is 18.5 Å². The minimum Gasteiger partial charge on any atom is -0.496 e. The highest BCUT2D eigenvalue weighted by Gasteiger charge is 2.10. The van der Waals surface area contributed by atoms with Crippen LogP contribution in [0.1, 0.15) is 22.3 Å². The summed E-state index contributed by atoms with van der Waals surface area (Å²) in [5.41, 5.74) is 0.812.